The van der Waals surface area contributed by atoms with Gasteiger partial charge < -0.3 is 19.2 Å². The lowest BCUT2D eigenvalue weighted by Gasteiger charge is -2.09. The molecule has 0 aliphatic rings. The number of aromatic nitrogens is 2. The van der Waals surface area contributed by atoms with Gasteiger partial charge in [-0.15, -0.1) is 0 Å². The van der Waals surface area contributed by atoms with Crippen LogP contribution in [0.1, 0.15) is 33.1 Å². The molecule has 2 heterocycles. The summed E-state index contributed by atoms with van der Waals surface area (Å²) < 4.78 is 56.7. The molecule has 0 radical (unpaired) electrons. The summed E-state index contributed by atoms with van der Waals surface area (Å²) in [5.74, 6) is 1.61. The number of alkyl halides is 3. The first-order chi connectivity index (χ1) is 16.7. The minimum absolute atomic E-state index is 0.0726. The monoisotopic (exact) mass is 485 g/mol. The Morgan fingerprint density at radius 2 is 1.80 bits per heavy atom. The molecule has 0 saturated carbocycles. The van der Waals surface area contributed by atoms with Crippen LogP contribution >= 0.6 is 0 Å². The number of rotatable bonds is 8. The van der Waals surface area contributed by atoms with Crippen molar-refractivity contribution in [3.05, 3.63) is 95.1 Å². The van der Waals surface area contributed by atoms with Crippen LogP contribution < -0.4 is 14.8 Å². The van der Waals surface area contributed by atoms with Crippen LogP contribution in [-0.4, -0.2) is 22.8 Å². The van der Waals surface area contributed by atoms with Crippen molar-refractivity contribution in [1.29, 1.82) is 0 Å². The Morgan fingerprint density at radius 1 is 1.06 bits per heavy atom. The maximum atomic E-state index is 13.0. The van der Waals surface area contributed by atoms with E-state index in [1.807, 2.05) is 0 Å². The molecule has 7 nitrogen and oxygen atoms in total. The topological polar surface area (TPSA) is 78.5 Å². The van der Waals surface area contributed by atoms with Gasteiger partial charge in [0.25, 0.3) is 5.91 Å². The molecule has 182 valence electrons. The SMILES string of the molecule is COc1ccc(OCc2ccc(C(=O)Nc3cc(C)n(Cc4cccc(C(F)(F)F)c4)n3)o2)cc1. The van der Waals surface area contributed by atoms with Crippen LogP contribution in [0.3, 0.4) is 0 Å². The third-order valence-corrected chi connectivity index (χ3v) is 5.14. The van der Waals surface area contributed by atoms with Gasteiger partial charge in [0.2, 0.25) is 0 Å². The molecule has 0 unspecified atom stereocenters. The quantitative estimate of drug-likeness (QED) is 0.347. The van der Waals surface area contributed by atoms with E-state index < -0.39 is 17.6 Å². The van der Waals surface area contributed by atoms with E-state index in [2.05, 4.69) is 10.4 Å². The zero-order valence-electron chi connectivity index (χ0n) is 18.9. The van der Waals surface area contributed by atoms with Crippen molar-refractivity contribution in [3.8, 4) is 11.5 Å². The second-order valence-electron chi connectivity index (χ2n) is 7.71. The van der Waals surface area contributed by atoms with Crippen molar-refractivity contribution in [2.24, 2.45) is 0 Å². The lowest BCUT2D eigenvalue weighted by Crippen LogP contribution is -2.12. The Balaban J connectivity index is 1.36. The van der Waals surface area contributed by atoms with Gasteiger partial charge in [-0.3, -0.25) is 9.48 Å². The summed E-state index contributed by atoms with van der Waals surface area (Å²) in [6.45, 7) is 2.00. The molecule has 0 fully saturated rings. The maximum absolute atomic E-state index is 13.0. The number of nitrogens with one attached hydrogen (secondary N) is 1. The van der Waals surface area contributed by atoms with Crippen LogP contribution in [0.4, 0.5) is 19.0 Å². The highest BCUT2D eigenvalue weighted by Crippen LogP contribution is 2.29. The van der Waals surface area contributed by atoms with Crippen molar-refractivity contribution in [2.45, 2.75) is 26.3 Å². The smallest absolute Gasteiger partial charge is 0.416 e. The molecular formula is C25H22F3N3O4. The number of hydrogen-bond donors (Lipinski definition) is 1. The van der Waals surface area contributed by atoms with E-state index in [1.54, 1.807) is 56.5 Å². The van der Waals surface area contributed by atoms with Crippen LogP contribution in [0.2, 0.25) is 0 Å². The number of anilines is 1. The molecule has 0 saturated heterocycles. The van der Waals surface area contributed by atoms with Gasteiger partial charge in [-0.05, 0) is 61.0 Å². The fraction of sp³-hybridized carbons (Fsp3) is 0.200. The first-order valence-corrected chi connectivity index (χ1v) is 10.6. The highest BCUT2D eigenvalue weighted by molar-refractivity contribution is 6.01. The summed E-state index contributed by atoms with van der Waals surface area (Å²) >= 11 is 0. The largest absolute Gasteiger partial charge is 0.497 e. The van der Waals surface area contributed by atoms with Gasteiger partial charge in [0.05, 0.1) is 19.2 Å². The first-order valence-electron chi connectivity index (χ1n) is 10.6. The standard InChI is InChI=1S/C25H22F3N3O4/c1-16-12-23(30-31(16)14-17-4-3-5-18(13-17)25(26,27)28)29-24(32)22-11-10-21(35-22)15-34-20-8-6-19(33-2)7-9-20/h3-13H,14-15H2,1-2H3,(H,29,30,32). The van der Waals surface area contributed by atoms with E-state index in [0.717, 1.165) is 12.1 Å². The molecule has 0 bridgehead atoms. The zero-order valence-corrected chi connectivity index (χ0v) is 18.9. The minimum atomic E-state index is -4.42. The molecule has 10 heteroatoms. The predicted molar refractivity (Wildman–Crippen MR) is 121 cm³/mol. The fourth-order valence-electron chi connectivity index (χ4n) is 3.33. The molecule has 2 aromatic carbocycles. The maximum Gasteiger partial charge on any atom is 0.416 e. The van der Waals surface area contributed by atoms with Crippen LogP contribution in [-0.2, 0) is 19.3 Å². The van der Waals surface area contributed by atoms with Crippen molar-refractivity contribution >= 4 is 11.7 Å². The van der Waals surface area contributed by atoms with Crippen molar-refractivity contribution in [3.63, 3.8) is 0 Å². The Hall–Kier alpha value is -4.21. The second-order valence-corrected chi connectivity index (χ2v) is 7.71. The van der Waals surface area contributed by atoms with Gasteiger partial charge in [-0.2, -0.15) is 18.3 Å². The number of aryl methyl sites for hydroxylation is 1. The van der Waals surface area contributed by atoms with Crippen LogP contribution in [0.25, 0.3) is 0 Å². The number of furan rings is 1. The second kappa shape index (κ2) is 9.96. The number of methoxy groups -OCH3 is 1. The first kappa shape index (κ1) is 23.9. The molecule has 4 rings (SSSR count). The average molecular weight is 485 g/mol. The molecule has 1 amide bonds. The Bertz CT molecular complexity index is 1310. The number of benzene rings is 2. The van der Waals surface area contributed by atoms with Crippen LogP contribution in [0.5, 0.6) is 11.5 Å². The number of hydrogen-bond acceptors (Lipinski definition) is 5. The molecule has 0 atom stereocenters. The summed E-state index contributed by atoms with van der Waals surface area (Å²) in [5.41, 5.74) is 0.389. The summed E-state index contributed by atoms with van der Waals surface area (Å²) in [7, 11) is 1.58. The van der Waals surface area contributed by atoms with E-state index in [-0.39, 0.29) is 24.7 Å². The van der Waals surface area contributed by atoms with E-state index in [0.29, 0.717) is 28.5 Å². The Morgan fingerprint density at radius 3 is 2.51 bits per heavy atom. The molecule has 1 N–H and O–H groups in total. The molecule has 35 heavy (non-hydrogen) atoms. The average Bonchev–Trinajstić information content (AvgIpc) is 3.44. The number of ether oxygens (including phenoxy) is 2. The Kier molecular flexibility index (Phi) is 6.81. The zero-order chi connectivity index (χ0) is 25.0. The number of carbonyl (C=O) groups is 1. The summed E-state index contributed by atoms with van der Waals surface area (Å²) in [6.07, 6.45) is -4.42. The molecular weight excluding hydrogens is 463 g/mol. The number of nitrogens with zero attached hydrogens (tertiary/aromatic N) is 2. The molecule has 0 spiro atoms. The van der Waals surface area contributed by atoms with Crippen molar-refractivity contribution in [2.75, 3.05) is 12.4 Å². The fourth-order valence-corrected chi connectivity index (χ4v) is 3.33. The van der Waals surface area contributed by atoms with Gasteiger partial charge >= 0.3 is 6.18 Å². The van der Waals surface area contributed by atoms with Gasteiger partial charge in [-0.1, -0.05) is 12.1 Å². The highest BCUT2D eigenvalue weighted by atomic mass is 19.4. The van der Waals surface area contributed by atoms with Gasteiger partial charge in [0.1, 0.15) is 23.9 Å². The van der Waals surface area contributed by atoms with E-state index in [9.17, 15) is 18.0 Å². The minimum Gasteiger partial charge on any atom is -0.497 e. The lowest BCUT2D eigenvalue weighted by atomic mass is 10.1. The van der Waals surface area contributed by atoms with Crippen LogP contribution in [0.15, 0.2) is 71.1 Å². The van der Waals surface area contributed by atoms with E-state index >= 15 is 0 Å². The Labute approximate surface area is 199 Å². The molecule has 2 aromatic heterocycles. The lowest BCUT2D eigenvalue weighted by molar-refractivity contribution is -0.137. The number of amides is 1. The van der Waals surface area contributed by atoms with E-state index in [4.69, 9.17) is 13.9 Å². The van der Waals surface area contributed by atoms with Crippen LogP contribution in [0, 0.1) is 6.92 Å². The normalized spacial score (nSPS) is 11.3. The van der Waals surface area contributed by atoms with Gasteiger partial charge in [-0.25, -0.2) is 0 Å². The molecule has 4 aromatic rings. The third kappa shape index (κ3) is 6.03. The van der Waals surface area contributed by atoms with Gasteiger partial charge in [0, 0.05) is 11.8 Å². The third-order valence-electron chi connectivity index (χ3n) is 5.14. The summed E-state index contributed by atoms with van der Waals surface area (Å²) in [5, 5.41) is 6.93. The number of carbonyl (C=O) groups excluding carboxylic acids is 1. The van der Waals surface area contributed by atoms with E-state index in [1.165, 1.54) is 16.8 Å². The summed E-state index contributed by atoms with van der Waals surface area (Å²) in [4.78, 5) is 12.6. The van der Waals surface area contributed by atoms with Crippen molar-refractivity contribution in [1.82, 2.24) is 9.78 Å². The molecule has 0 aliphatic heterocycles. The molecule has 0 aliphatic carbocycles. The highest BCUT2D eigenvalue weighted by Gasteiger charge is 2.30. The predicted octanol–water partition coefficient (Wildman–Crippen LogP) is 5.69. The summed E-state index contributed by atoms with van der Waals surface area (Å²) in [6, 6.07) is 16.9. The van der Waals surface area contributed by atoms with Gasteiger partial charge in [0.15, 0.2) is 11.6 Å². The number of halogens is 3. The van der Waals surface area contributed by atoms with Crippen molar-refractivity contribution < 1.29 is 31.9 Å².